The highest BCUT2D eigenvalue weighted by Crippen LogP contribution is 2.44. The number of amides is 1. The quantitative estimate of drug-likeness (QED) is 0.0848. The van der Waals surface area contributed by atoms with Crippen LogP contribution in [0.25, 0.3) is 11.4 Å². The van der Waals surface area contributed by atoms with Crippen LogP contribution in [0.2, 0.25) is 0 Å². The number of halogens is 1. The van der Waals surface area contributed by atoms with Crippen molar-refractivity contribution in [3.63, 3.8) is 0 Å². The Morgan fingerprint density at radius 2 is 1.38 bits per heavy atom. The number of benzene rings is 4. The number of thioether (sulfide) groups is 1. The molecule has 0 radical (unpaired) electrons. The zero-order valence-corrected chi connectivity index (χ0v) is 32.4. The first-order chi connectivity index (χ1) is 25.0. The van der Waals surface area contributed by atoms with Crippen molar-refractivity contribution in [1.82, 2.24) is 29.8 Å². The average molecular weight is 857 g/mol. The van der Waals surface area contributed by atoms with Crippen LogP contribution in [-0.2, 0) is 29.7 Å². The lowest BCUT2D eigenvalue weighted by Gasteiger charge is -2.26. The zero-order chi connectivity index (χ0) is 36.9. The second kappa shape index (κ2) is 16.1. The molecule has 0 aliphatic heterocycles. The molecule has 4 aromatic carbocycles. The number of nitrogens with zero attached hydrogens (tertiary/aromatic N) is 5. The number of sulfonamides is 1. The van der Waals surface area contributed by atoms with E-state index < -0.39 is 21.7 Å². The minimum atomic E-state index is -4.31. The molecule has 1 aliphatic rings. The smallest absolute Gasteiger partial charge is 0.405 e. The van der Waals surface area contributed by atoms with E-state index in [1.807, 2.05) is 54.6 Å². The third kappa shape index (κ3) is 8.79. The van der Waals surface area contributed by atoms with E-state index in [0.717, 1.165) is 22.4 Å². The maximum absolute atomic E-state index is 15.3. The molecule has 2 N–H and O–H groups in total. The molecule has 52 heavy (non-hydrogen) atoms. The van der Waals surface area contributed by atoms with Crippen molar-refractivity contribution in [3.8, 4) is 28.6 Å². The van der Waals surface area contributed by atoms with Crippen LogP contribution in [-0.4, -0.2) is 76.8 Å². The molecule has 1 heterocycles. The van der Waals surface area contributed by atoms with Crippen molar-refractivity contribution in [1.29, 1.82) is 0 Å². The molecule has 13 nitrogen and oxygen atoms in total. The number of nitrogens with one attached hydrogen (secondary N) is 1. The molecule has 1 aromatic heterocycles. The van der Waals surface area contributed by atoms with E-state index in [0.29, 0.717) is 50.7 Å². The number of aromatic nitrogens is 4. The highest BCUT2D eigenvalue weighted by atomic mass is 127. The molecule has 1 saturated carbocycles. The number of hydrogen-bond acceptors (Lipinski definition) is 10. The van der Waals surface area contributed by atoms with Crippen LogP contribution < -0.4 is 19.5 Å². The summed E-state index contributed by atoms with van der Waals surface area (Å²) < 4.78 is 48.6. The maximum Gasteiger partial charge on any atom is 0.405 e. The molecular formula is C36H37IN6O7S2. The van der Waals surface area contributed by atoms with Crippen LogP contribution in [0.3, 0.4) is 0 Å². The summed E-state index contributed by atoms with van der Waals surface area (Å²) in [6, 6.07) is 25.6. The molecule has 6 rings (SSSR count). The first-order valence-corrected chi connectivity index (χ1v) is 19.7. The molecule has 16 heteroatoms. The van der Waals surface area contributed by atoms with Crippen molar-refractivity contribution >= 4 is 50.5 Å². The van der Waals surface area contributed by atoms with Crippen LogP contribution in [0, 0.1) is 3.57 Å². The lowest BCUT2D eigenvalue weighted by Crippen LogP contribution is -2.37. The molecule has 5 aromatic rings. The summed E-state index contributed by atoms with van der Waals surface area (Å²) >= 11 is 3.40. The summed E-state index contributed by atoms with van der Waals surface area (Å²) in [6.07, 6.45) is 0.207. The van der Waals surface area contributed by atoms with E-state index >= 15 is 8.42 Å². The van der Waals surface area contributed by atoms with Gasteiger partial charge in [0.2, 0.25) is 15.8 Å². The summed E-state index contributed by atoms with van der Waals surface area (Å²) in [7, 11) is 0.440. The van der Waals surface area contributed by atoms with Gasteiger partial charge in [0.25, 0.3) is 0 Å². The Balaban J connectivity index is 1.44. The second-order valence-corrected chi connectivity index (χ2v) is 16.3. The molecule has 272 valence electrons. The van der Waals surface area contributed by atoms with E-state index in [1.54, 1.807) is 51.7 Å². The first kappa shape index (κ1) is 37.4. The number of tetrazole rings is 1. The van der Waals surface area contributed by atoms with Gasteiger partial charge in [-0.25, -0.2) is 13.2 Å². The number of ether oxygens (including phenoxy) is 3. The van der Waals surface area contributed by atoms with E-state index in [1.165, 1.54) is 20.9 Å². The summed E-state index contributed by atoms with van der Waals surface area (Å²) in [5, 5.41) is 25.4. The van der Waals surface area contributed by atoms with E-state index in [9.17, 15) is 9.90 Å². The Morgan fingerprint density at radius 3 is 1.87 bits per heavy atom. The molecule has 1 aliphatic carbocycles. The third-order valence-electron chi connectivity index (χ3n) is 8.59. The number of methoxy groups -OCH3 is 3. The summed E-state index contributed by atoms with van der Waals surface area (Å²) in [5.74, 6) is 2.52. The van der Waals surface area contributed by atoms with Gasteiger partial charge in [0.05, 0.1) is 39.0 Å². The Kier molecular flexibility index (Phi) is 11.6. The monoisotopic (exact) mass is 856 g/mol. The van der Waals surface area contributed by atoms with E-state index in [-0.39, 0.29) is 23.8 Å². The van der Waals surface area contributed by atoms with Gasteiger partial charge in [0.15, 0.2) is 0 Å². The molecule has 1 fully saturated rings. The fraction of sp³-hybridized carbons (Fsp3) is 0.278. The number of carboxylic acid groups (broad SMARTS) is 1. The first-order valence-electron chi connectivity index (χ1n) is 16.2. The summed E-state index contributed by atoms with van der Waals surface area (Å²) in [4.78, 5) is 13.5. The van der Waals surface area contributed by atoms with E-state index in [2.05, 4.69) is 43.3 Å². The summed E-state index contributed by atoms with van der Waals surface area (Å²) in [5.41, 5.74) is 2.10. The molecule has 0 atom stereocenters. The minimum Gasteiger partial charge on any atom is -0.497 e. The lowest BCUT2D eigenvalue weighted by atomic mass is 10.2. The van der Waals surface area contributed by atoms with Gasteiger partial charge in [-0.15, -0.1) is 22.0 Å². The molecule has 1 amide bonds. The van der Waals surface area contributed by atoms with Crippen LogP contribution in [0.5, 0.6) is 17.2 Å². The third-order valence-corrected chi connectivity index (χ3v) is 12.8. The predicted molar refractivity (Wildman–Crippen MR) is 204 cm³/mol. The fourth-order valence-corrected chi connectivity index (χ4v) is 9.78. The topological polar surface area (TPSA) is 158 Å². The highest BCUT2D eigenvalue weighted by molar-refractivity contribution is 14.1. The Morgan fingerprint density at radius 1 is 0.865 bits per heavy atom. The molecular weight excluding hydrogens is 819 g/mol. The zero-order valence-electron chi connectivity index (χ0n) is 28.7. The summed E-state index contributed by atoms with van der Waals surface area (Å²) in [6.45, 7) is 0.402. The largest absolute Gasteiger partial charge is 0.497 e. The van der Waals surface area contributed by atoms with Gasteiger partial charge in [-0.05, 0) is 106 Å². The Bertz CT molecular complexity index is 2080. The average Bonchev–Trinajstić information content (AvgIpc) is 3.75. The van der Waals surface area contributed by atoms with Gasteiger partial charge in [0.1, 0.15) is 22.1 Å². The predicted octanol–water partition coefficient (Wildman–Crippen LogP) is 6.30. The van der Waals surface area contributed by atoms with Gasteiger partial charge < -0.3 is 24.6 Å². The Labute approximate surface area is 319 Å². The maximum atomic E-state index is 15.3. The van der Waals surface area contributed by atoms with Crippen LogP contribution in [0.1, 0.15) is 29.5 Å². The van der Waals surface area contributed by atoms with Crippen molar-refractivity contribution in [2.24, 2.45) is 0 Å². The number of rotatable bonds is 16. The normalized spacial score (nSPS) is 13.5. The number of carbonyl (C=O) groups is 1. The van der Waals surface area contributed by atoms with Crippen LogP contribution in [0.15, 0.2) is 94.7 Å². The Hall–Kier alpha value is -4.39. The minimum absolute atomic E-state index is 0.0292. The molecule has 0 saturated heterocycles. The van der Waals surface area contributed by atoms with Gasteiger partial charge in [-0.2, -0.15) is 9.10 Å². The van der Waals surface area contributed by atoms with Gasteiger partial charge in [0, 0.05) is 27.3 Å². The van der Waals surface area contributed by atoms with Crippen molar-refractivity contribution in [2.75, 3.05) is 27.1 Å². The lowest BCUT2D eigenvalue weighted by molar-refractivity contribution is 0.190. The van der Waals surface area contributed by atoms with Crippen molar-refractivity contribution < 1.29 is 32.5 Å². The van der Waals surface area contributed by atoms with E-state index in [4.69, 9.17) is 14.2 Å². The van der Waals surface area contributed by atoms with Gasteiger partial charge in [-0.3, -0.25) is 0 Å². The highest BCUT2D eigenvalue weighted by Gasteiger charge is 2.45. The van der Waals surface area contributed by atoms with Gasteiger partial charge in [-0.1, -0.05) is 36.4 Å². The number of hydrogen-bond donors (Lipinski definition) is 2. The molecule has 0 spiro atoms. The van der Waals surface area contributed by atoms with Crippen molar-refractivity contribution in [3.05, 3.63) is 105 Å². The molecule has 0 unspecified atom stereocenters. The van der Waals surface area contributed by atoms with Crippen molar-refractivity contribution in [2.45, 2.75) is 47.8 Å². The molecule has 0 bridgehead atoms. The fourth-order valence-electron chi connectivity index (χ4n) is 5.55. The van der Waals surface area contributed by atoms with Crippen LogP contribution >= 0.6 is 34.4 Å². The second-order valence-electron chi connectivity index (χ2n) is 12.2. The SMILES string of the molecule is COc1ccc(CN(Cc2ccc(OC)cc2)S(=O)(=O)c2c(SCC3(NC(=O)O)CC3)ccc(I)c2-c2nnn(Cc3ccc(OC)cc3)n2)cc1. The van der Waals surface area contributed by atoms with Gasteiger partial charge >= 0.3 is 6.09 Å². The van der Waals surface area contributed by atoms with Crippen LogP contribution in [0.4, 0.5) is 4.79 Å². The standard InChI is InChI=1S/C36H37IN6O7S2/c1-48-27-10-4-24(5-11-27)20-42(21-25-6-12-28(49-2)13-7-25)52(46,47)33-31(51-23-36(18-19-36)38-35(44)45)17-16-30(37)32(33)34-39-41-43(40-34)22-26-8-14-29(50-3)15-9-26/h4-17,38H,18-23H2,1-3H3,(H,44,45).